The molecule has 2 unspecified atom stereocenters. The van der Waals surface area contributed by atoms with Crippen LogP contribution in [-0.4, -0.2) is 22.7 Å². The van der Waals surface area contributed by atoms with E-state index in [1.807, 2.05) is 0 Å². The van der Waals surface area contributed by atoms with Gasteiger partial charge in [-0.05, 0) is 30.4 Å². The molecule has 1 aliphatic carbocycles. The lowest BCUT2D eigenvalue weighted by atomic mass is 10.0. The van der Waals surface area contributed by atoms with E-state index in [0.717, 1.165) is 24.8 Å². The molecule has 1 aromatic rings. The van der Waals surface area contributed by atoms with Gasteiger partial charge in [0.2, 0.25) is 0 Å². The first-order chi connectivity index (χ1) is 7.79. The van der Waals surface area contributed by atoms with Crippen molar-refractivity contribution in [3.8, 4) is 0 Å². The maximum atomic E-state index is 12.9. The van der Waals surface area contributed by atoms with Crippen LogP contribution >= 0.6 is 0 Å². The van der Waals surface area contributed by atoms with Crippen LogP contribution in [0.15, 0.2) is 18.5 Å². The molecule has 1 heterocycles. The van der Waals surface area contributed by atoms with E-state index in [1.54, 1.807) is 6.20 Å². The van der Waals surface area contributed by atoms with Crippen molar-refractivity contribution < 1.29 is 9.50 Å². The first-order valence-electron chi connectivity index (χ1n) is 5.73. The highest BCUT2D eigenvalue weighted by Gasteiger charge is 2.25. The first kappa shape index (κ1) is 11.5. The van der Waals surface area contributed by atoms with E-state index in [1.165, 1.54) is 12.3 Å². The van der Waals surface area contributed by atoms with Gasteiger partial charge in [-0.25, -0.2) is 4.39 Å². The van der Waals surface area contributed by atoms with Crippen LogP contribution < -0.4 is 5.32 Å². The third-order valence-corrected chi connectivity index (χ3v) is 3.22. The summed E-state index contributed by atoms with van der Waals surface area (Å²) in [5.41, 5.74) is 0.851. The highest BCUT2D eigenvalue weighted by Crippen LogP contribution is 2.25. The molecule has 0 bridgehead atoms. The number of hydrogen-bond donors (Lipinski definition) is 2. The van der Waals surface area contributed by atoms with Crippen molar-refractivity contribution in [2.75, 3.05) is 6.61 Å². The van der Waals surface area contributed by atoms with Gasteiger partial charge in [0, 0.05) is 25.4 Å². The normalized spacial score (nSPS) is 24.9. The van der Waals surface area contributed by atoms with E-state index in [9.17, 15) is 4.39 Å². The SMILES string of the molecule is OCC1CCCC1NCc1cncc(F)c1. The number of aromatic nitrogens is 1. The summed E-state index contributed by atoms with van der Waals surface area (Å²) in [7, 11) is 0. The Kier molecular flexibility index (Phi) is 3.85. The van der Waals surface area contributed by atoms with Gasteiger partial charge >= 0.3 is 0 Å². The summed E-state index contributed by atoms with van der Waals surface area (Å²) < 4.78 is 12.9. The highest BCUT2D eigenvalue weighted by molar-refractivity contribution is 5.10. The number of nitrogens with zero attached hydrogens (tertiary/aromatic N) is 1. The Hall–Kier alpha value is -1.00. The summed E-state index contributed by atoms with van der Waals surface area (Å²) in [6.45, 7) is 0.852. The molecule has 88 valence electrons. The minimum atomic E-state index is -0.301. The zero-order chi connectivity index (χ0) is 11.4. The minimum absolute atomic E-state index is 0.235. The van der Waals surface area contributed by atoms with Crippen molar-refractivity contribution in [3.63, 3.8) is 0 Å². The van der Waals surface area contributed by atoms with Gasteiger partial charge < -0.3 is 10.4 Å². The third kappa shape index (κ3) is 2.77. The fourth-order valence-corrected chi connectivity index (χ4v) is 2.33. The maximum absolute atomic E-state index is 12.9. The van der Waals surface area contributed by atoms with Gasteiger partial charge in [0.1, 0.15) is 5.82 Å². The topological polar surface area (TPSA) is 45.1 Å². The molecule has 16 heavy (non-hydrogen) atoms. The van der Waals surface area contributed by atoms with Crippen LogP contribution in [0.25, 0.3) is 0 Å². The van der Waals surface area contributed by atoms with Gasteiger partial charge in [-0.15, -0.1) is 0 Å². The molecule has 0 aromatic carbocycles. The lowest BCUT2D eigenvalue weighted by Gasteiger charge is -2.18. The predicted octanol–water partition coefficient (Wildman–Crippen LogP) is 1.47. The van der Waals surface area contributed by atoms with Crippen LogP contribution in [0.1, 0.15) is 24.8 Å². The number of nitrogens with one attached hydrogen (secondary N) is 1. The number of aliphatic hydroxyl groups excluding tert-OH is 1. The van der Waals surface area contributed by atoms with Crippen molar-refractivity contribution in [2.45, 2.75) is 31.8 Å². The molecule has 0 aliphatic heterocycles. The zero-order valence-corrected chi connectivity index (χ0v) is 9.19. The largest absolute Gasteiger partial charge is 0.396 e. The van der Waals surface area contributed by atoms with Gasteiger partial charge in [-0.2, -0.15) is 0 Å². The van der Waals surface area contributed by atoms with E-state index >= 15 is 0 Å². The summed E-state index contributed by atoms with van der Waals surface area (Å²) in [4.78, 5) is 3.80. The molecular formula is C12H17FN2O. The van der Waals surface area contributed by atoms with Crippen molar-refractivity contribution >= 4 is 0 Å². The molecule has 1 fully saturated rings. The Bertz CT molecular complexity index is 346. The Morgan fingerprint density at radius 3 is 3.06 bits per heavy atom. The maximum Gasteiger partial charge on any atom is 0.141 e. The molecule has 0 saturated heterocycles. The second-order valence-corrected chi connectivity index (χ2v) is 4.37. The van der Waals surface area contributed by atoms with E-state index < -0.39 is 0 Å². The summed E-state index contributed by atoms with van der Waals surface area (Å²) in [5, 5.41) is 12.5. The number of halogens is 1. The first-order valence-corrected chi connectivity index (χ1v) is 5.73. The second kappa shape index (κ2) is 5.37. The van der Waals surface area contributed by atoms with E-state index in [2.05, 4.69) is 10.3 Å². The fraction of sp³-hybridized carbons (Fsp3) is 0.583. The molecule has 2 rings (SSSR count). The van der Waals surface area contributed by atoms with E-state index in [0.29, 0.717) is 18.5 Å². The molecule has 4 heteroatoms. The number of hydrogen-bond acceptors (Lipinski definition) is 3. The molecule has 3 nitrogen and oxygen atoms in total. The fourth-order valence-electron chi connectivity index (χ4n) is 2.33. The summed E-state index contributed by atoms with van der Waals surface area (Å²) in [5.74, 6) is 0.0472. The second-order valence-electron chi connectivity index (χ2n) is 4.37. The Labute approximate surface area is 94.7 Å². The van der Waals surface area contributed by atoms with Crippen LogP contribution in [-0.2, 0) is 6.54 Å². The van der Waals surface area contributed by atoms with Gasteiger partial charge in [0.05, 0.1) is 6.20 Å². The van der Waals surface area contributed by atoms with E-state index in [4.69, 9.17) is 5.11 Å². The standard InChI is InChI=1S/C12H17FN2O/c13-11-4-9(5-14-7-11)6-15-12-3-1-2-10(12)8-16/h4-5,7,10,12,15-16H,1-3,6,8H2. The van der Waals surface area contributed by atoms with Crippen LogP contribution in [0.5, 0.6) is 0 Å². The van der Waals surface area contributed by atoms with Gasteiger partial charge in [0.15, 0.2) is 0 Å². The van der Waals surface area contributed by atoms with Crippen molar-refractivity contribution in [1.82, 2.24) is 10.3 Å². The zero-order valence-electron chi connectivity index (χ0n) is 9.19. The molecule has 1 saturated carbocycles. The van der Waals surface area contributed by atoms with Crippen molar-refractivity contribution in [2.24, 2.45) is 5.92 Å². The lowest BCUT2D eigenvalue weighted by Crippen LogP contribution is -2.33. The minimum Gasteiger partial charge on any atom is -0.396 e. The smallest absolute Gasteiger partial charge is 0.141 e. The van der Waals surface area contributed by atoms with Crippen LogP contribution in [0.2, 0.25) is 0 Å². The summed E-state index contributed by atoms with van der Waals surface area (Å²) in [6.07, 6.45) is 6.20. The van der Waals surface area contributed by atoms with Crippen LogP contribution in [0, 0.1) is 11.7 Å². The third-order valence-electron chi connectivity index (χ3n) is 3.22. The molecule has 2 N–H and O–H groups in total. The van der Waals surface area contributed by atoms with Gasteiger partial charge in [-0.1, -0.05) is 6.42 Å². The summed E-state index contributed by atoms with van der Waals surface area (Å²) >= 11 is 0. The summed E-state index contributed by atoms with van der Waals surface area (Å²) in [6, 6.07) is 1.84. The Balaban J connectivity index is 1.87. The molecule has 1 aromatic heterocycles. The van der Waals surface area contributed by atoms with Crippen molar-refractivity contribution in [1.29, 1.82) is 0 Å². The Morgan fingerprint density at radius 2 is 2.31 bits per heavy atom. The van der Waals surface area contributed by atoms with Crippen molar-refractivity contribution in [3.05, 3.63) is 29.8 Å². The molecule has 0 amide bonds. The highest BCUT2D eigenvalue weighted by atomic mass is 19.1. The number of pyridine rings is 1. The van der Waals surface area contributed by atoms with Crippen LogP contribution in [0.3, 0.4) is 0 Å². The Morgan fingerprint density at radius 1 is 1.44 bits per heavy atom. The number of rotatable bonds is 4. The lowest BCUT2D eigenvalue weighted by molar-refractivity contribution is 0.205. The molecular weight excluding hydrogens is 207 g/mol. The molecule has 2 atom stereocenters. The quantitative estimate of drug-likeness (QED) is 0.814. The number of aliphatic hydroxyl groups is 1. The average molecular weight is 224 g/mol. The van der Waals surface area contributed by atoms with E-state index in [-0.39, 0.29) is 12.4 Å². The monoisotopic (exact) mass is 224 g/mol. The molecule has 1 aliphatic rings. The van der Waals surface area contributed by atoms with Gasteiger partial charge in [-0.3, -0.25) is 4.98 Å². The van der Waals surface area contributed by atoms with Gasteiger partial charge in [0.25, 0.3) is 0 Å². The predicted molar refractivity (Wildman–Crippen MR) is 59.2 cm³/mol. The van der Waals surface area contributed by atoms with Crippen LogP contribution in [0.4, 0.5) is 4.39 Å². The average Bonchev–Trinajstić information content (AvgIpc) is 2.74. The molecule has 0 radical (unpaired) electrons. The molecule has 0 spiro atoms.